The SMILES string of the molecule is CCc1cccc(CC)c1NC(=O)CNS(=O)(=O)c1ccc(OC)c(C)c1. The lowest BCUT2D eigenvalue weighted by molar-refractivity contribution is -0.115. The van der Waals surface area contributed by atoms with Crippen molar-refractivity contribution in [1.82, 2.24) is 4.72 Å². The van der Waals surface area contributed by atoms with Gasteiger partial charge in [-0.25, -0.2) is 13.1 Å². The normalized spacial score (nSPS) is 11.3. The lowest BCUT2D eigenvalue weighted by Crippen LogP contribution is -2.33. The molecule has 2 rings (SSSR count). The fraction of sp³-hybridized carbons (Fsp3) is 0.350. The Morgan fingerprint density at radius 1 is 1.07 bits per heavy atom. The standard InChI is InChI=1S/C20H26N2O4S/c1-5-15-8-7-9-16(6-2)20(15)22-19(23)13-21-27(24,25)17-10-11-18(26-4)14(3)12-17/h7-12,21H,5-6,13H2,1-4H3,(H,22,23). The number of aryl methyl sites for hydroxylation is 3. The van der Waals surface area contributed by atoms with Crippen molar-refractivity contribution in [3.8, 4) is 5.75 Å². The summed E-state index contributed by atoms with van der Waals surface area (Å²) in [5.74, 6) is 0.203. The Hall–Kier alpha value is -2.38. The summed E-state index contributed by atoms with van der Waals surface area (Å²) in [6, 6.07) is 10.4. The summed E-state index contributed by atoms with van der Waals surface area (Å²) in [4.78, 5) is 12.4. The molecular weight excluding hydrogens is 364 g/mol. The van der Waals surface area contributed by atoms with Crippen molar-refractivity contribution in [2.75, 3.05) is 19.0 Å². The van der Waals surface area contributed by atoms with Crippen LogP contribution >= 0.6 is 0 Å². The summed E-state index contributed by atoms with van der Waals surface area (Å²) in [5.41, 5.74) is 3.52. The minimum absolute atomic E-state index is 0.0943. The van der Waals surface area contributed by atoms with Crippen LogP contribution in [0.5, 0.6) is 5.75 Å². The molecule has 0 fully saturated rings. The molecule has 0 aliphatic rings. The van der Waals surface area contributed by atoms with Gasteiger partial charge >= 0.3 is 0 Å². The molecule has 6 nitrogen and oxygen atoms in total. The number of hydrogen-bond donors (Lipinski definition) is 2. The highest BCUT2D eigenvalue weighted by Gasteiger charge is 2.18. The number of sulfonamides is 1. The number of anilines is 1. The maximum atomic E-state index is 12.5. The van der Waals surface area contributed by atoms with Crippen molar-refractivity contribution in [2.24, 2.45) is 0 Å². The molecule has 146 valence electrons. The second-order valence-corrected chi connectivity index (χ2v) is 7.93. The molecule has 0 aromatic heterocycles. The second kappa shape index (κ2) is 9.01. The van der Waals surface area contributed by atoms with Gasteiger partial charge in [0.2, 0.25) is 15.9 Å². The van der Waals surface area contributed by atoms with Crippen LogP contribution in [-0.2, 0) is 27.7 Å². The van der Waals surface area contributed by atoms with Crippen molar-refractivity contribution in [2.45, 2.75) is 38.5 Å². The first-order valence-electron chi connectivity index (χ1n) is 8.87. The quantitative estimate of drug-likeness (QED) is 0.726. The van der Waals surface area contributed by atoms with Crippen molar-refractivity contribution >= 4 is 21.6 Å². The van der Waals surface area contributed by atoms with E-state index in [4.69, 9.17) is 4.74 Å². The number of benzene rings is 2. The highest BCUT2D eigenvalue weighted by atomic mass is 32.2. The Balaban J connectivity index is 2.10. The maximum absolute atomic E-state index is 12.5. The zero-order valence-corrected chi connectivity index (χ0v) is 16.9. The van der Waals surface area contributed by atoms with E-state index in [2.05, 4.69) is 10.0 Å². The molecule has 2 aromatic carbocycles. The van der Waals surface area contributed by atoms with Gasteiger partial charge in [0.15, 0.2) is 0 Å². The van der Waals surface area contributed by atoms with Crippen LogP contribution in [0.1, 0.15) is 30.5 Å². The van der Waals surface area contributed by atoms with Crippen LogP contribution < -0.4 is 14.8 Å². The van der Waals surface area contributed by atoms with Crippen LogP contribution in [0.3, 0.4) is 0 Å². The first kappa shape index (κ1) is 20.9. The molecule has 0 radical (unpaired) electrons. The van der Waals surface area contributed by atoms with E-state index < -0.39 is 15.9 Å². The predicted molar refractivity (Wildman–Crippen MR) is 107 cm³/mol. The summed E-state index contributed by atoms with van der Waals surface area (Å²) < 4.78 is 32.4. The van der Waals surface area contributed by atoms with Gasteiger partial charge in [0.25, 0.3) is 0 Å². The minimum Gasteiger partial charge on any atom is -0.496 e. The lowest BCUT2D eigenvalue weighted by atomic mass is 10.0. The van der Waals surface area contributed by atoms with Crippen LogP contribution in [0.15, 0.2) is 41.3 Å². The molecule has 0 atom stereocenters. The number of methoxy groups -OCH3 is 1. The van der Waals surface area contributed by atoms with Gasteiger partial charge in [0.05, 0.1) is 18.6 Å². The van der Waals surface area contributed by atoms with E-state index in [1.54, 1.807) is 13.0 Å². The Morgan fingerprint density at radius 2 is 1.70 bits per heavy atom. The first-order chi connectivity index (χ1) is 12.8. The Morgan fingerprint density at radius 3 is 2.22 bits per heavy atom. The third kappa shape index (κ3) is 5.08. The Bertz CT molecular complexity index is 901. The number of nitrogens with one attached hydrogen (secondary N) is 2. The molecule has 0 aliphatic carbocycles. The number of carbonyl (C=O) groups excluding carboxylic acids is 1. The van der Waals surface area contributed by atoms with E-state index in [9.17, 15) is 13.2 Å². The van der Waals surface area contributed by atoms with Gasteiger partial charge in [-0.2, -0.15) is 0 Å². The van der Waals surface area contributed by atoms with Crippen molar-refractivity contribution in [1.29, 1.82) is 0 Å². The van der Waals surface area contributed by atoms with E-state index in [0.29, 0.717) is 11.3 Å². The molecule has 1 amide bonds. The summed E-state index contributed by atoms with van der Waals surface area (Å²) in [6.45, 7) is 5.45. The summed E-state index contributed by atoms with van der Waals surface area (Å²) in [5, 5.41) is 2.85. The third-order valence-corrected chi connectivity index (χ3v) is 5.76. The van der Waals surface area contributed by atoms with Crippen molar-refractivity contribution in [3.63, 3.8) is 0 Å². The molecular formula is C20H26N2O4S. The van der Waals surface area contributed by atoms with Gasteiger partial charge in [-0.1, -0.05) is 32.0 Å². The second-order valence-electron chi connectivity index (χ2n) is 6.16. The van der Waals surface area contributed by atoms with Crippen molar-refractivity contribution < 1.29 is 17.9 Å². The van der Waals surface area contributed by atoms with Gasteiger partial charge in [-0.05, 0) is 54.7 Å². The van der Waals surface area contributed by atoms with Crippen LogP contribution in [-0.4, -0.2) is 28.0 Å². The van der Waals surface area contributed by atoms with Gasteiger partial charge in [-0.3, -0.25) is 4.79 Å². The summed E-state index contributed by atoms with van der Waals surface area (Å²) in [6.07, 6.45) is 1.56. The largest absolute Gasteiger partial charge is 0.496 e. The number of rotatable bonds is 8. The molecule has 0 saturated heterocycles. The fourth-order valence-electron chi connectivity index (χ4n) is 2.85. The number of hydrogen-bond acceptors (Lipinski definition) is 4. The summed E-state index contributed by atoms with van der Waals surface area (Å²) >= 11 is 0. The lowest BCUT2D eigenvalue weighted by Gasteiger charge is -2.15. The molecule has 0 saturated carbocycles. The molecule has 7 heteroatoms. The minimum atomic E-state index is -3.79. The van der Waals surface area contributed by atoms with Crippen LogP contribution in [0.2, 0.25) is 0 Å². The van der Waals surface area contributed by atoms with Crippen LogP contribution in [0.25, 0.3) is 0 Å². The third-order valence-electron chi connectivity index (χ3n) is 4.36. The van der Waals surface area contributed by atoms with Gasteiger partial charge in [0, 0.05) is 5.69 Å². The Kier molecular flexibility index (Phi) is 6.98. The first-order valence-corrected chi connectivity index (χ1v) is 10.4. The smallest absolute Gasteiger partial charge is 0.241 e. The molecule has 0 bridgehead atoms. The molecule has 0 unspecified atom stereocenters. The van der Waals surface area contributed by atoms with Crippen molar-refractivity contribution in [3.05, 3.63) is 53.1 Å². The topological polar surface area (TPSA) is 84.5 Å². The van der Waals surface area contributed by atoms with Gasteiger partial charge < -0.3 is 10.1 Å². The monoisotopic (exact) mass is 390 g/mol. The zero-order chi connectivity index (χ0) is 20.0. The van der Waals surface area contributed by atoms with E-state index >= 15 is 0 Å². The molecule has 2 aromatic rings. The zero-order valence-electron chi connectivity index (χ0n) is 16.1. The van der Waals surface area contributed by atoms with E-state index in [1.165, 1.54) is 19.2 Å². The van der Waals surface area contributed by atoms with E-state index in [1.807, 2.05) is 32.0 Å². The highest BCUT2D eigenvalue weighted by molar-refractivity contribution is 7.89. The number of carbonyl (C=O) groups is 1. The van der Waals surface area contributed by atoms with Gasteiger partial charge in [-0.15, -0.1) is 0 Å². The highest BCUT2D eigenvalue weighted by Crippen LogP contribution is 2.23. The molecule has 0 spiro atoms. The molecule has 0 heterocycles. The predicted octanol–water partition coefficient (Wildman–Crippen LogP) is 3.05. The fourth-order valence-corrected chi connectivity index (χ4v) is 3.92. The average Bonchev–Trinajstić information content (AvgIpc) is 2.66. The molecule has 0 aliphatic heterocycles. The van der Waals surface area contributed by atoms with Gasteiger partial charge in [0.1, 0.15) is 5.75 Å². The number of amides is 1. The molecule has 27 heavy (non-hydrogen) atoms. The maximum Gasteiger partial charge on any atom is 0.241 e. The van der Waals surface area contributed by atoms with Crippen LogP contribution in [0, 0.1) is 6.92 Å². The number of para-hydroxylation sites is 1. The van der Waals surface area contributed by atoms with E-state index in [0.717, 1.165) is 29.7 Å². The van der Waals surface area contributed by atoms with E-state index in [-0.39, 0.29) is 11.4 Å². The van der Waals surface area contributed by atoms with Crippen LogP contribution in [0.4, 0.5) is 5.69 Å². The Labute approximate surface area is 161 Å². The molecule has 2 N–H and O–H groups in total. The average molecular weight is 391 g/mol. The number of ether oxygens (including phenoxy) is 1. The summed E-state index contributed by atoms with van der Waals surface area (Å²) in [7, 11) is -2.27.